The maximum absolute atomic E-state index is 13.2. The van der Waals surface area contributed by atoms with E-state index in [2.05, 4.69) is 5.32 Å². The highest BCUT2D eigenvalue weighted by Gasteiger charge is 2.37. The zero-order chi connectivity index (χ0) is 29.8. The zero-order valence-electron chi connectivity index (χ0n) is 21.4. The highest BCUT2D eigenvalue weighted by Crippen LogP contribution is 2.37. The summed E-state index contributed by atoms with van der Waals surface area (Å²) in [6, 6.07) is 11.6. The number of rotatable bonds is 8. The van der Waals surface area contributed by atoms with Crippen LogP contribution >= 0.6 is 23.2 Å². The molecular weight excluding hydrogens is 579 g/mol. The van der Waals surface area contributed by atoms with Gasteiger partial charge in [-0.1, -0.05) is 35.3 Å². The van der Waals surface area contributed by atoms with Crippen molar-refractivity contribution in [1.29, 1.82) is 0 Å². The van der Waals surface area contributed by atoms with Crippen LogP contribution in [0.3, 0.4) is 0 Å². The first-order valence-corrected chi connectivity index (χ1v) is 12.5. The molecule has 3 aromatic carbocycles. The van der Waals surface area contributed by atoms with Gasteiger partial charge in [-0.3, -0.25) is 29.8 Å². The molecule has 0 aliphatic carbocycles. The number of nitrogens with zero attached hydrogens (tertiary/aromatic N) is 2. The highest BCUT2D eigenvalue weighted by molar-refractivity contribution is 6.39. The summed E-state index contributed by atoms with van der Waals surface area (Å²) in [7, 11) is 1.32. The van der Waals surface area contributed by atoms with E-state index in [4.69, 9.17) is 32.7 Å². The quantitative estimate of drug-likeness (QED) is 0.160. The smallest absolute Gasteiger partial charge is 0.335 e. The molecule has 5 amide bonds. The Balaban J connectivity index is 1.56. The van der Waals surface area contributed by atoms with Crippen molar-refractivity contribution in [1.82, 2.24) is 5.32 Å². The number of halogens is 2. The number of ether oxygens (including phenoxy) is 2. The van der Waals surface area contributed by atoms with Crippen molar-refractivity contribution < 1.29 is 33.6 Å². The molecule has 1 aliphatic rings. The standard InChI is InChI=1S/C27H20Cl2N4O8/c1-14-6-7-16(11-20(14)28)30-23(34)13-41-24-21(29)9-15(10-22(24)40-2)8-19-25(35)31-27(37)32(26(19)36)17-4-3-5-18(12-17)33(38)39/h3-12H,13H2,1-2H3,(H,30,34)(H,31,35,37)/b19-8-. The summed E-state index contributed by atoms with van der Waals surface area (Å²) in [5.41, 5.74) is 0.647. The number of nitro benzene ring substituents is 1. The van der Waals surface area contributed by atoms with Crippen molar-refractivity contribution in [3.05, 3.63) is 91.5 Å². The van der Waals surface area contributed by atoms with Crippen molar-refractivity contribution in [2.45, 2.75) is 6.92 Å². The second kappa shape index (κ2) is 12.1. The molecule has 12 nitrogen and oxygen atoms in total. The van der Waals surface area contributed by atoms with Crippen LogP contribution in [0.5, 0.6) is 11.5 Å². The number of carbonyl (C=O) groups excluding carboxylic acids is 4. The van der Waals surface area contributed by atoms with Crippen LogP contribution in [-0.4, -0.2) is 42.4 Å². The topological polar surface area (TPSA) is 157 Å². The monoisotopic (exact) mass is 598 g/mol. The molecule has 0 bridgehead atoms. The van der Waals surface area contributed by atoms with Crippen molar-refractivity contribution in [2.75, 3.05) is 23.9 Å². The first kappa shape index (κ1) is 29.1. The summed E-state index contributed by atoms with van der Waals surface area (Å²) >= 11 is 12.5. The summed E-state index contributed by atoms with van der Waals surface area (Å²) in [4.78, 5) is 61.6. The Morgan fingerprint density at radius 2 is 1.85 bits per heavy atom. The van der Waals surface area contributed by atoms with Gasteiger partial charge in [0, 0.05) is 22.8 Å². The Morgan fingerprint density at radius 3 is 2.54 bits per heavy atom. The Bertz CT molecular complexity index is 1640. The lowest BCUT2D eigenvalue weighted by molar-refractivity contribution is -0.384. The predicted octanol–water partition coefficient (Wildman–Crippen LogP) is 4.90. The van der Waals surface area contributed by atoms with E-state index < -0.39 is 40.9 Å². The average molecular weight is 599 g/mol. The SMILES string of the molecule is COc1cc(/C=C2/C(=O)NC(=O)N(c3cccc([N+](=O)[O-])c3)C2=O)cc(Cl)c1OCC(=O)Nc1ccc(C)c(Cl)c1. The molecule has 210 valence electrons. The number of urea groups is 1. The second-order valence-electron chi connectivity index (χ2n) is 8.57. The van der Waals surface area contributed by atoms with Crippen LogP contribution in [0.4, 0.5) is 21.9 Å². The van der Waals surface area contributed by atoms with Crippen LogP contribution in [0.25, 0.3) is 6.08 Å². The number of hydrogen-bond acceptors (Lipinski definition) is 8. The van der Waals surface area contributed by atoms with E-state index in [-0.39, 0.29) is 33.5 Å². The van der Waals surface area contributed by atoms with Gasteiger partial charge in [0.1, 0.15) is 5.57 Å². The van der Waals surface area contributed by atoms with Gasteiger partial charge >= 0.3 is 6.03 Å². The number of hydrogen-bond donors (Lipinski definition) is 2. The van der Waals surface area contributed by atoms with Crippen LogP contribution in [0.15, 0.2) is 60.2 Å². The fraction of sp³-hybridized carbons (Fsp3) is 0.111. The first-order valence-electron chi connectivity index (χ1n) is 11.7. The molecule has 1 aliphatic heterocycles. The summed E-state index contributed by atoms with van der Waals surface area (Å²) in [6.45, 7) is 1.40. The van der Waals surface area contributed by atoms with E-state index >= 15 is 0 Å². The van der Waals surface area contributed by atoms with Crippen molar-refractivity contribution in [2.24, 2.45) is 0 Å². The number of methoxy groups -OCH3 is 1. The molecule has 0 atom stereocenters. The number of anilines is 2. The van der Waals surface area contributed by atoms with E-state index in [1.807, 2.05) is 12.2 Å². The number of amides is 5. The van der Waals surface area contributed by atoms with Gasteiger partial charge in [0.25, 0.3) is 23.4 Å². The molecule has 1 fully saturated rings. The number of barbiturate groups is 1. The van der Waals surface area contributed by atoms with Gasteiger partial charge in [0.15, 0.2) is 18.1 Å². The molecule has 14 heteroatoms. The van der Waals surface area contributed by atoms with Crippen molar-refractivity contribution >= 4 is 70.1 Å². The third kappa shape index (κ3) is 6.45. The first-order chi connectivity index (χ1) is 19.5. The Kier molecular flexibility index (Phi) is 8.55. The molecule has 1 saturated heterocycles. The number of non-ortho nitro benzene ring substituents is 1. The van der Waals surface area contributed by atoms with Crippen LogP contribution < -0.4 is 25.0 Å². The minimum atomic E-state index is -1.07. The molecule has 41 heavy (non-hydrogen) atoms. The molecule has 4 rings (SSSR count). The molecule has 0 aromatic heterocycles. The fourth-order valence-electron chi connectivity index (χ4n) is 3.77. The van der Waals surface area contributed by atoms with Gasteiger partial charge in [-0.25, -0.2) is 9.69 Å². The lowest BCUT2D eigenvalue weighted by Crippen LogP contribution is -2.54. The van der Waals surface area contributed by atoms with E-state index in [9.17, 15) is 29.3 Å². The maximum Gasteiger partial charge on any atom is 0.335 e. The molecule has 1 heterocycles. The molecule has 0 spiro atoms. The van der Waals surface area contributed by atoms with Crippen molar-refractivity contribution in [3.8, 4) is 11.5 Å². The normalized spacial score (nSPS) is 14.1. The minimum absolute atomic E-state index is 0.00216. The zero-order valence-corrected chi connectivity index (χ0v) is 22.9. The van der Waals surface area contributed by atoms with Gasteiger partial charge in [0.2, 0.25) is 0 Å². The van der Waals surface area contributed by atoms with Crippen LogP contribution in [0.1, 0.15) is 11.1 Å². The maximum atomic E-state index is 13.2. The Morgan fingerprint density at radius 1 is 1.10 bits per heavy atom. The summed E-state index contributed by atoms with van der Waals surface area (Å²) in [5, 5.41) is 16.3. The molecule has 0 saturated carbocycles. The van der Waals surface area contributed by atoms with Crippen LogP contribution in [0, 0.1) is 17.0 Å². The summed E-state index contributed by atoms with van der Waals surface area (Å²) < 4.78 is 10.9. The number of carbonyl (C=O) groups is 4. The number of nitro groups is 1. The molecule has 2 N–H and O–H groups in total. The highest BCUT2D eigenvalue weighted by atomic mass is 35.5. The molecule has 0 unspecified atom stereocenters. The molecule has 3 aromatic rings. The lowest BCUT2D eigenvalue weighted by Gasteiger charge is -2.26. The number of imide groups is 2. The number of aryl methyl sites for hydroxylation is 1. The molecule has 0 radical (unpaired) electrons. The summed E-state index contributed by atoms with van der Waals surface area (Å²) in [6.07, 6.45) is 1.17. The second-order valence-corrected chi connectivity index (χ2v) is 9.38. The largest absolute Gasteiger partial charge is 0.493 e. The number of nitrogens with one attached hydrogen (secondary N) is 2. The van der Waals surface area contributed by atoms with Crippen molar-refractivity contribution in [3.63, 3.8) is 0 Å². The van der Waals surface area contributed by atoms with E-state index in [1.54, 1.807) is 18.2 Å². The Labute approximate surface area is 242 Å². The predicted molar refractivity (Wildman–Crippen MR) is 150 cm³/mol. The molecular formula is C27H20Cl2N4O8. The van der Waals surface area contributed by atoms with Gasteiger partial charge in [-0.15, -0.1) is 0 Å². The number of benzene rings is 3. The van der Waals surface area contributed by atoms with E-state index in [1.165, 1.54) is 43.5 Å². The minimum Gasteiger partial charge on any atom is -0.493 e. The van der Waals surface area contributed by atoms with Gasteiger partial charge < -0.3 is 14.8 Å². The third-order valence-corrected chi connectivity index (χ3v) is 6.45. The van der Waals surface area contributed by atoms with E-state index in [0.717, 1.165) is 11.6 Å². The van der Waals surface area contributed by atoms with E-state index in [0.29, 0.717) is 15.6 Å². The average Bonchev–Trinajstić information content (AvgIpc) is 2.92. The van der Waals surface area contributed by atoms with Gasteiger partial charge in [-0.2, -0.15) is 0 Å². The Hall–Kier alpha value is -4.94. The fourth-order valence-corrected chi connectivity index (χ4v) is 4.23. The lowest BCUT2D eigenvalue weighted by atomic mass is 10.1. The van der Waals surface area contributed by atoms with Crippen LogP contribution in [-0.2, 0) is 14.4 Å². The summed E-state index contributed by atoms with van der Waals surface area (Å²) in [5.74, 6) is -2.37. The van der Waals surface area contributed by atoms with Gasteiger partial charge in [0.05, 0.1) is 22.7 Å². The van der Waals surface area contributed by atoms with Crippen LogP contribution in [0.2, 0.25) is 10.0 Å². The third-order valence-electron chi connectivity index (χ3n) is 5.77. The van der Waals surface area contributed by atoms with Gasteiger partial charge in [-0.05, 0) is 54.5 Å².